The molecule has 10 heteroatoms. The normalized spacial score (nSPS) is 12.4. The van der Waals surface area contributed by atoms with Crippen molar-refractivity contribution in [1.82, 2.24) is 19.5 Å². The van der Waals surface area contributed by atoms with Crippen LogP contribution in [0.4, 0.5) is 5.95 Å². The summed E-state index contributed by atoms with van der Waals surface area (Å²) in [5.41, 5.74) is 6.58. The first kappa shape index (κ1) is 17.1. The monoisotopic (exact) mass is 325 g/mol. The van der Waals surface area contributed by atoms with Crippen molar-refractivity contribution in [3.8, 4) is 0 Å². The van der Waals surface area contributed by atoms with Gasteiger partial charge in [-0.1, -0.05) is 0 Å². The van der Waals surface area contributed by atoms with E-state index in [1.165, 1.54) is 12.5 Å². The molecular weight excluding hydrogens is 306 g/mol. The van der Waals surface area contributed by atoms with E-state index in [9.17, 15) is 9.90 Å². The number of imidazole rings is 1. The number of carbonyl (C=O) groups is 1. The Bertz CT molecular complexity index is 647. The van der Waals surface area contributed by atoms with Gasteiger partial charge in [-0.25, -0.2) is 14.8 Å². The summed E-state index contributed by atoms with van der Waals surface area (Å²) in [5.74, 6) is -0.371. The molecule has 1 atom stereocenters. The highest BCUT2D eigenvalue weighted by molar-refractivity contribution is 5.71. The zero-order valence-corrected chi connectivity index (χ0v) is 12.7. The van der Waals surface area contributed by atoms with E-state index in [4.69, 9.17) is 19.9 Å². The van der Waals surface area contributed by atoms with Crippen LogP contribution in [0.3, 0.4) is 0 Å². The molecule has 23 heavy (non-hydrogen) atoms. The van der Waals surface area contributed by atoms with Crippen LogP contribution in [0.5, 0.6) is 0 Å². The van der Waals surface area contributed by atoms with Gasteiger partial charge in [0.1, 0.15) is 31.6 Å². The fraction of sp³-hybridized carbons (Fsp3) is 0.538. The van der Waals surface area contributed by atoms with Gasteiger partial charge in [0.2, 0.25) is 5.95 Å². The number of hydrogen-bond donors (Lipinski definition) is 2. The lowest BCUT2D eigenvalue weighted by Crippen LogP contribution is -2.27. The third-order valence-corrected chi connectivity index (χ3v) is 2.90. The summed E-state index contributed by atoms with van der Waals surface area (Å²) in [6, 6.07) is 0. The van der Waals surface area contributed by atoms with Crippen LogP contribution in [0.25, 0.3) is 11.2 Å². The van der Waals surface area contributed by atoms with E-state index in [0.717, 1.165) is 0 Å². The van der Waals surface area contributed by atoms with Crippen molar-refractivity contribution in [2.24, 2.45) is 0 Å². The van der Waals surface area contributed by atoms with E-state index in [-0.39, 0.29) is 32.5 Å². The van der Waals surface area contributed by atoms with Gasteiger partial charge in [0.25, 0.3) is 0 Å². The van der Waals surface area contributed by atoms with Crippen LogP contribution in [-0.4, -0.2) is 63.1 Å². The molecule has 0 fully saturated rings. The Kier molecular flexibility index (Phi) is 6.20. The Morgan fingerprint density at radius 1 is 1.48 bits per heavy atom. The topological polar surface area (TPSA) is 135 Å². The number of carbonyl (C=O) groups excluding carboxylic acids is 1. The minimum atomic E-state index is -0.660. The Hall–Kier alpha value is -2.30. The van der Waals surface area contributed by atoms with Crippen molar-refractivity contribution in [2.75, 3.05) is 32.2 Å². The van der Waals surface area contributed by atoms with Gasteiger partial charge in [0, 0.05) is 6.61 Å². The second kappa shape index (κ2) is 8.36. The molecule has 0 aliphatic rings. The van der Waals surface area contributed by atoms with Crippen LogP contribution in [-0.2, 0) is 25.7 Å². The molecule has 0 aliphatic carbocycles. The lowest BCUT2D eigenvalue weighted by atomic mass is 10.4. The summed E-state index contributed by atoms with van der Waals surface area (Å²) in [6.45, 7) is 1.81. The van der Waals surface area contributed by atoms with E-state index < -0.39 is 12.1 Å². The van der Waals surface area contributed by atoms with Crippen LogP contribution in [0.2, 0.25) is 0 Å². The average molecular weight is 325 g/mol. The van der Waals surface area contributed by atoms with Gasteiger partial charge in [-0.2, -0.15) is 4.98 Å². The highest BCUT2D eigenvalue weighted by Crippen LogP contribution is 2.10. The molecule has 0 bridgehead atoms. The summed E-state index contributed by atoms with van der Waals surface area (Å²) in [7, 11) is 0. The predicted octanol–water partition coefficient (Wildman–Crippen LogP) is -0.677. The standard InChI is InChI=1S/C13H19N5O5/c1-2-21-6-11(20)22-5-9(4-19)23-8-18-7-16-12-10(18)3-15-13(14)17-12/h3,7,9,19H,2,4-6,8H2,1H3,(H2,14,15,17). The minimum Gasteiger partial charge on any atom is -0.461 e. The molecule has 0 saturated heterocycles. The number of anilines is 1. The molecule has 0 aromatic carbocycles. The lowest BCUT2D eigenvalue weighted by molar-refractivity contribution is -0.155. The highest BCUT2D eigenvalue weighted by Gasteiger charge is 2.13. The van der Waals surface area contributed by atoms with Gasteiger partial charge < -0.3 is 29.6 Å². The van der Waals surface area contributed by atoms with Gasteiger partial charge in [0.15, 0.2) is 5.65 Å². The fourth-order valence-corrected chi connectivity index (χ4v) is 1.72. The molecule has 0 spiro atoms. The average Bonchev–Trinajstić information content (AvgIpc) is 2.95. The number of nitrogens with two attached hydrogens (primary N) is 1. The number of nitrogens with zero attached hydrogens (tertiary/aromatic N) is 4. The van der Waals surface area contributed by atoms with Gasteiger partial charge in [-0.3, -0.25) is 0 Å². The van der Waals surface area contributed by atoms with E-state index in [1.807, 2.05) is 0 Å². The van der Waals surface area contributed by atoms with Crippen LogP contribution in [0.1, 0.15) is 6.92 Å². The lowest BCUT2D eigenvalue weighted by Gasteiger charge is -2.16. The second-order valence-electron chi connectivity index (χ2n) is 4.57. The molecular formula is C13H19N5O5. The molecule has 0 saturated carbocycles. The predicted molar refractivity (Wildman–Crippen MR) is 79.1 cm³/mol. The molecule has 10 nitrogen and oxygen atoms in total. The number of esters is 1. The Labute approximate surface area is 132 Å². The molecule has 2 heterocycles. The molecule has 0 amide bonds. The van der Waals surface area contributed by atoms with Crippen LogP contribution >= 0.6 is 0 Å². The molecule has 2 aromatic heterocycles. The van der Waals surface area contributed by atoms with Crippen molar-refractivity contribution >= 4 is 23.1 Å². The first-order valence-corrected chi connectivity index (χ1v) is 7.03. The summed E-state index contributed by atoms with van der Waals surface area (Å²) in [6.07, 6.45) is 2.39. The van der Waals surface area contributed by atoms with Crippen LogP contribution in [0.15, 0.2) is 12.5 Å². The molecule has 126 valence electrons. The number of aliphatic hydroxyl groups is 1. The quantitative estimate of drug-likeness (QED) is 0.575. The number of fused-ring (bicyclic) bond motifs is 1. The van der Waals surface area contributed by atoms with Crippen LogP contribution < -0.4 is 5.73 Å². The number of aliphatic hydroxyl groups excluding tert-OH is 1. The summed E-state index contributed by atoms with van der Waals surface area (Å²) in [5, 5.41) is 9.28. The van der Waals surface area contributed by atoms with Crippen molar-refractivity contribution in [1.29, 1.82) is 0 Å². The number of hydrogen-bond acceptors (Lipinski definition) is 9. The maximum absolute atomic E-state index is 11.3. The zero-order valence-electron chi connectivity index (χ0n) is 12.7. The maximum atomic E-state index is 11.3. The first-order chi connectivity index (χ1) is 11.1. The van der Waals surface area contributed by atoms with Crippen LogP contribution in [0, 0.1) is 0 Å². The highest BCUT2D eigenvalue weighted by atomic mass is 16.6. The smallest absolute Gasteiger partial charge is 0.332 e. The fourth-order valence-electron chi connectivity index (χ4n) is 1.72. The van der Waals surface area contributed by atoms with Gasteiger partial charge >= 0.3 is 5.97 Å². The van der Waals surface area contributed by atoms with Gasteiger partial charge in [-0.05, 0) is 6.92 Å². The van der Waals surface area contributed by atoms with E-state index in [2.05, 4.69) is 15.0 Å². The van der Waals surface area contributed by atoms with Crippen molar-refractivity contribution in [2.45, 2.75) is 19.8 Å². The van der Waals surface area contributed by atoms with E-state index in [1.54, 1.807) is 11.5 Å². The molecule has 2 rings (SSSR count). The molecule has 0 aliphatic heterocycles. The Morgan fingerprint density at radius 3 is 3.04 bits per heavy atom. The third kappa shape index (κ3) is 4.84. The zero-order chi connectivity index (χ0) is 16.7. The molecule has 3 N–H and O–H groups in total. The number of nitrogen functional groups attached to an aromatic ring is 1. The maximum Gasteiger partial charge on any atom is 0.332 e. The molecule has 2 aromatic rings. The van der Waals surface area contributed by atoms with E-state index in [0.29, 0.717) is 17.8 Å². The summed E-state index contributed by atoms with van der Waals surface area (Å²) >= 11 is 0. The molecule has 0 radical (unpaired) electrons. The number of rotatable bonds is 9. The third-order valence-electron chi connectivity index (χ3n) is 2.90. The Balaban J connectivity index is 1.85. The minimum absolute atomic E-state index is 0.0709. The summed E-state index contributed by atoms with van der Waals surface area (Å²) < 4.78 is 17.0. The Morgan fingerprint density at radius 2 is 2.30 bits per heavy atom. The van der Waals surface area contributed by atoms with E-state index >= 15 is 0 Å². The first-order valence-electron chi connectivity index (χ1n) is 7.03. The number of aromatic nitrogens is 4. The van der Waals surface area contributed by atoms with Crippen molar-refractivity contribution in [3.05, 3.63) is 12.5 Å². The second-order valence-corrected chi connectivity index (χ2v) is 4.57. The number of ether oxygens (including phenoxy) is 3. The van der Waals surface area contributed by atoms with Gasteiger partial charge in [-0.15, -0.1) is 0 Å². The molecule has 1 unspecified atom stereocenters. The largest absolute Gasteiger partial charge is 0.461 e. The van der Waals surface area contributed by atoms with Gasteiger partial charge in [0.05, 0.1) is 19.1 Å². The van der Waals surface area contributed by atoms with Crippen molar-refractivity contribution in [3.63, 3.8) is 0 Å². The SMILES string of the molecule is CCOCC(=O)OCC(CO)OCn1cnc2nc(N)ncc21. The van der Waals surface area contributed by atoms with Crippen molar-refractivity contribution < 1.29 is 24.1 Å². The summed E-state index contributed by atoms with van der Waals surface area (Å²) in [4.78, 5) is 23.3.